The van der Waals surface area contributed by atoms with Crippen molar-refractivity contribution in [3.8, 4) is 0 Å². The van der Waals surface area contributed by atoms with Gasteiger partial charge in [-0.25, -0.2) is 9.78 Å². The molecule has 0 saturated carbocycles. The predicted octanol–water partition coefficient (Wildman–Crippen LogP) is 2.63. The van der Waals surface area contributed by atoms with Crippen LogP contribution in [0.4, 0.5) is 4.79 Å². The minimum Gasteiger partial charge on any atom is -0.450 e. The smallest absolute Gasteiger partial charge is 0.407 e. The summed E-state index contributed by atoms with van der Waals surface area (Å²) in [6.07, 6.45) is 1.34. The van der Waals surface area contributed by atoms with E-state index in [2.05, 4.69) is 46.7 Å². The Bertz CT molecular complexity index is 567. The first kappa shape index (κ1) is 22.2. The molecule has 0 aliphatic rings. The van der Waals surface area contributed by atoms with Crippen LogP contribution >= 0.6 is 11.3 Å². The maximum absolute atomic E-state index is 11.7. The van der Waals surface area contributed by atoms with Gasteiger partial charge in [-0.05, 0) is 33.1 Å². The van der Waals surface area contributed by atoms with Crippen molar-refractivity contribution in [3.63, 3.8) is 0 Å². The molecule has 1 atom stereocenters. The van der Waals surface area contributed by atoms with Gasteiger partial charge in [0.2, 0.25) is 0 Å². The molecule has 0 aliphatic heterocycles. The van der Waals surface area contributed by atoms with Crippen molar-refractivity contribution < 1.29 is 9.53 Å². The summed E-state index contributed by atoms with van der Waals surface area (Å²) in [6, 6.07) is -0.0168. The van der Waals surface area contributed by atoms with E-state index in [1.165, 1.54) is 4.88 Å². The van der Waals surface area contributed by atoms with Crippen molar-refractivity contribution in [2.24, 2.45) is 10.9 Å². The number of hydrogen-bond acceptors (Lipinski definition) is 5. The van der Waals surface area contributed by atoms with E-state index in [4.69, 9.17) is 4.74 Å². The summed E-state index contributed by atoms with van der Waals surface area (Å²) in [5.41, 5.74) is 1.11. The number of amides is 1. The van der Waals surface area contributed by atoms with Gasteiger partial charge in [0, 0.05) is 37.5 Å². The molecule has 0 bridgehead atoms. The van der Waals surface area contributed by atoms with Gasteiger partial charge >= 0.3 is 6.09 Å². The maximum atomic E-state index is 11.7. The molecule has 0 aromatic carbocycles. The molecular formula is C18H33N5O2S. The lowest BCUT2D eigenvalue weighted by Gasteiger charge is -2.22. The van der Waals surface area contributed by atoms with Crippen LogP contribution in [0.25, 0.3) is 0 Å². The number of aliphatic imine (C=N–C) groups is 1. The van der Waals surface area contributed by atoms with E-state index >= 15 is 0 Å². The zero-order chi connectivity index (χ0) is 19.5. The van der Waals surface area contributed by atoms with Crippen molar-refractivity contribution in [1.82, 2.24) is 20.9 Å². The molecule has 1 aromatic heterocycles. The first-order chi connectivity index (χ1) is 12.3. The number of rotatable bonds is 9. The summed E-state index contributed by atoms with van der Waals surface area (Å²) < 4.78 is 4.98. The molecule has 7 nitrogen and oxygen atoms in total. The van der Waals surface area contributed by atoms with Gasteiger partial charge in [-0.2, -0.15) is 0 Å². The first-order valence-corrected chi connectivity index (χ1v) is 9.98. The second kappa shape index (κ2) is 11.7. The highest BCUT2D eigenvalue weighted by molar-refractivity contribution is 7.11. The fourth-order valence-electron chi connectivity index (χ4n) is 2.48. The number of carbonyl (C=O) groups excluding carboxylic acids is 1. The third-order valence-electron chi connectivity index (χ3n) is 3.80. The second-order valence-electron chi connectivity index (χ2n) is 6.57. The average molecular weight is 384 g/mol. The van der Waals surface area contributed by atoms with E-state index in [0.717, 1.165) is 36.0 Å². The van der Waals surface area contributed by atoms with Crippen molar-refractivity contribution in [3.05, 3.63) is 15.6 Å². The summed E-state index contributed by atoms with van der Waals surface area (Å²) in [6.45, 7) is 11.9. The van der Waals surface area contributed by atoms with Crippen LogP contribution in [0, 0.1) is 19.8 Å². The molecule has 0 radical (unpaired) electrons. The molecule has 26 heavy (non-hydrogen) atoms. The van der Waals surface area contributed by atoms with Crippen LogP contribution in [0.5, 0.6) is 0 Å². The molecule has 0 saturated heterocycles. The molecule has 0 aliphatic carbocycles. The minimum absolute atomic E-state index is 0.0168. The molecule has 1 aromatic rings. The molecule has 1 heterocycles. The maximum Gasteiger partial charge on any atom is 0.407 e. The molecule has 1 amide bonds. The van der Waals surface area contributed by atoms with Crippen LogP contribution in [0.15, 0.2) is 4.99 Å². The summed E-state index contributed by atoms with van der Waals surface area (Å²) in [5.74, 6) is 1.18. The molecule has 1 rings (SSSR count). The number of guanidine groups is 1. The number of alkyl carbamates (subject to hydrolysis) is 1. The Morgan fingerprint density at radius 2 is 2.04 bits per heavy atom. The largest absolute Gasteiger partial charge is 0.450 e. The number of aromatic nitrogens is 1. The van der Waals surface area contributed by atoms with Gasteiger partial charge in [0.05, 0.1) is 17.3 Å². The van der Waals surface area contributed by atoms with Gasteiger partial charge in [0.15, 0.2) is 5.96 Å². The topological polar surface area (TPSA) is 87.6 Å². The molecule has 1 unspecified atom stereocenters. The summed E-state index contributed by atoms with van der Waals surface area (Å²) in [5, 5.41) is 10.6. The second-order valence-corrected chi connectivity index (χ2v) is 7.86. The Kier molecular flexibility index (Phi) is 10.0. The normalized spacial score (nSPS) is 12.8. The van der Waals surface area contributed by atoms with Crippen LogP contribution in [0.1, 0.15) is 42.8 Å². The van der Waals surface area contributed by atoms with Gasteiger partial charge in [-0.15, -0.1) is 11.3 Å². The van der Waals surface area contributed by atoms with Crippen molar-refractivity contribution in [2.45, 2.75) is 53.5 Å². The third-order valence-corrected chi connectivity index (χ3v) is 4.93. The number of hydrogen-bond donors (Lipinski definition) is 3. The van der Waals surface area contributed by atoms with E-state index in [1.807, 2.05) is 6.92 Å². The Balaban J connectivity index is 2.44. The van der Waals surface area contributed by atoms with Crippen molar-refractivity contribution >= 4 is 23.4 Å². The molecule has 148 valence electrons. The Hall–Kier alpha value is -1.83. The fraction of sp³-hybridized carbons (Fsp3) is 0.722. The summed E-state index contributed by atoms with van der Waals surface area (Å²) >= 11 is 1.74. The van der Waals surface area contributed by atoms with Gasteiger partial charge in [0.25, 0.3) is 0 Å². The van der Waals surface area contributed by atoms with Crippen molar-refractivity contribution in [2.75, 3.05) is 26.7 Å². The average Bonchev–Trinajstić information content (AvgIpc) is 2.88. The SMILES string of the molecule is CCOC(=O)NC(CNC(=NC)NCCc1nc(C)c(C)s1)CC(C)C. The molecular weight excluding hydrogens is 350 g/mol. The number of ether oxygens (including phenoxy) is 1. The lowest BCUT2D eigenvalue weighted by atomic mass is 10.0. The Labute approximate surface area is 161 Å². The Morgan fingerprint density at radius 1 is 1.31 bits per heavy atom. The van der Waals surface area contributed by atoms with E-state index in [0.29, 0.717) is 19.1 Å². The van der Waals surface area contributed by atoms with Crippen LogP contribution in [0.2, 0.25) is 0 Å². The predicted molar refractivity (Wildman–Crippen MR) is 108 cm³/mol. The fourth-order valence-corrected chi connectivity index (χ4v) is 3.41. The standard InChI is InChI=1S/C18H33N5O2S/c1-7-25-18(24)23-15(10-12(2)3)11-21-17(19-6)20-9-8-16-22-13(4)14(5)26-16/h12,15H,7-11H2,1-6H3,(H,23,24)(H2,19,20,21). The number of thiazole rings is 1. The molecule has 0 fully saturated rings. The van der Waals surface area contributed by atoms with Crippen LogP contribution < -0.4 is 16.0 Å². The lowest BCUT2D eigenvalue weighted by molar-refractivity contribution is 0.146. The number of aryl methyl sites for hydroxylation is 2. The number of carbonyl (C=O) groups is 1. The van der Waals surface area contributed by atoms with E-state index < -0.39 is 0 Å². The van der Waals surface area contributed by atoms with Gasteiger partial charge < -0.3 is 20.7 Å². The van der Waals surface area contributed by atoms with Crippen LogP contribution in [0.3, 0.4) is 0 Å². The van der Waals surface area contributed by atoms with Crippen LogP contribution in [-0.2, 0) is 11.2 Å². The monoisotopic (exact) mass is 383 g/mol. The molecule has 0 spiro atoms. The highest BCUT2D eigenvalue weighted by Gasteiger charge is 2.15. The minimum atomic E-state index is -0.377. The molecule has 8 heteroatoms. The number of nitrogens with one attached hydrogen (secondary N) is 3. The summed E-state index contributed by atoms with van der Waals surface area (Å²) in [4.78, 5) is 21.8. The van der Waals surface area contributed by atoms with E-state index in [-0.39, 0.29) is 12.1 Å². The molecule has 3 N–H and O–H groups in total. The Morgan fingerprint density at radius 3 is 2.58 bits per heavy atom. The van der Waals surface area contributed by atoms with E-state index in [9.17, 15) is 4.79 Å². The lowest BCUT2D eigenvalue weighted by Crippen LogP contribution is -2.48. The summed E-state index contributed by atoms with van der Waals surface area (Å²) in [7, 11) is 1.74. The zero-order valence-electron chi connectivity index (χ0n) is 16.8. The quantitative estimate of drug-likeness (QED) is 0.451. The van der Waals surface area contributed by atoms with Gasteiger partial charge in [0.1, 0.15) is 0 Å². The van der Waals surface area contributed by atoms with Crippen molar-refractivity contribution in [1.29, 1.82) is 0 Å². The van der Waals surface area contributed by atoms with Crippen LogP contribution in [-0.4, -0.2) is 49.8 Å². The first-order valence-electron chi connectivity index (χ1n) is 9.16. The number of nitrogens with zero attached hydrogens (tertiary/aromatic N) is 2. The third kappa shape index (κ3) is 8.51. The highest BCUT2D eigenvalue weighted by Crippen LogP contribution is 2.16. The van der Waals surface area contributed by atoms with E-state index in [1.54, 1.807) is 25.3 Å². The van der Waals surface area contributed by atoms with Gasteiger partial charge in [-0.1, -0.05) is 13.8 Å². The highest BCUT2D eigenvalue weighted by atomic mass is 32.1. The zero-order valence-corrected chi connectivity index (χ0v) is 17.6. The van der Waals surface area contributed by atoms with Gasteiger partial charge in [-0.3, -0.25) is 4.99 Å².